The van der Waals surface area contributed by atoms with Gasteiger partial charge in [-0.25, -0.2) is 0 Å². The van der Waals surface area contributed by atoms with Crippen LogP contribution in [-0.2, 0) is 80.5 Å². The summed E-state index contributed by atoms with van der Waals surface area (Å²) < 4.78 is 55.7. The minimum Gasteiger partial charge on any atom is -0.461 e. The lowest BCUT2D eigenvalue weighted by Crippen LogP contribution is -2.70. The number of hydrogen-bond donors (Lipinski definition) is 0. The molecule has 81 heavy (non-hydrogen) atoms. The molecule has 0 spiro atoms. The van der Waals surface area contributed by atoms with Crippen LogP contribution in [0.4, 0.5) is 0 Å². The van der Waals surface area contributed by atoms with Crippen LogP contribution in [0.5, 0.6) is 0 Å². The summed E-state index contributed by atoms with van der Waals surface area (Å²) in [6.07, 6.45) is 2.46. The van der Waals surface area contributed by atoms with Gasteiger partial charge in [0.05, 0.1) is 52.2 Å². The van der Waals surface area contributed by atoms with Crippen molar-refractivity contribution in [3.63, 3.8) is 0 Å². The van der Waals surface area contributed by atoms with Gasteiger partial charge < -0.3 is 37.9 Å². The summed E-state index contributed by atoms with van der Waals surface area (Å²) in [5.74, 6) is 0.575. The van der Waals surface area contributed by atoms with Crippen molar-refractivity contribution in [2.75, 3.05) is 19.8 Å². The molecule has 5 aromatic rings. The van der Waals surface area contributed by atoms with Crippen molar-refractivity contribution in [1.82, 2.24) is 0 Å². The van der Waals surface area contributed by atoms with Crippen molar-refractivity contribution >= 4 is 11.8 Å². The number of rotatable bonds is 20. The third kappa shape index (κ3) is 11.1. The molecule has 10 nitrogen and oxygen atoms in total. The van der Waals surface area contributed by atoms with E-state index in [1.165, 1.54) is 5.57 Å². The molecule has 5 aromatic carbocycles. The van der Waals surface area contributed by atoms with Crippen LogP contribution in [0.1, 0.15) is 115 Å². The molecule has 15 atom stereocenters. The van der Waals surface area contributed by atoms with Crippen molar-refractivity contribution < 1.29 is 47.5 Å². The number of carbonyl (C=O) groups excluding carboxylic acids is 2. The number of ether oxygens (including phenoxy) is 8. The van der Waals surface area contributed by atoms with E-state index in [9.17, 15) is 0 Å². The van der Waals surface area contributed by atoms with Crippen LogP contribution in [0.25, 0.3) is 0 Å². The molecule has 0 N–H and O–H groups in total. The first-order valence-corrected chi connectivity index (χ1v) is 30.1. The van der Waals surface area contributed by atoms with E-state index in [2.05, 4.69) is 78.8 Å². The molecule has 0 aromatic heterocycles. The van der Waals surface area contributed by atoms with Gasteiger partial charge in [0.15, 0.2) is 12.1 Å². The molecular weight excluding hydrogens is 1010 g/mol. The smallest absolute Gasteiger partial charge is 0.310 e. The molecule has 5 fully saturated rings. The second kappa shape index (κ2) is 24.1. The number of fused-ring (bicyclic) bond motifs is 3. The van der Waals surface area contributed by atoms with Crippen molar-refractivity contribution in [2.24, 2.45) is 56.7 Å². The predicted octanol–water partition coefficient (Wildman–Crippen LogP) is 13.9. The minimum atomic E-state index is -1.05. The van der Waals surface area contributed by atoms with E-state index in [0.29, 0.717) is 44.7 Å². The molecule has 3 saturated carbocycles. The third-order valence-electron chi connectivity index (χ3n) is 21.2. The molecule has 0 radical (unpaired) electrons. The maximum Gasteiger partial charge on any atom is 0.310 e. The number of benzene rings is 5. The Morgan fingerprint density at radius 2 is 1.12 bits per heavy atom. The van der Waals surface area contributed by atoms with Gasteiger partial charge in [0, 0.05) is 17.3 Å². The second-order valence-corrected chi connectivity index (χ2v) is 26.1. The largest absolute Gasteiger partial charge is 0.461 e. The summed E-state index contributed by atoms with van der Waals surface area (Å²) in [5, 5.41) is 0. The molecule has 430 valence electrons. The zero-order valence-electron chi connectivity index (χ0n) is 48.8. The van der Waals surface area contributed by atoms with E-state index < -0.39 is 53.1 Å². The lowest BCUT2D eigenvalue weighted by atomic mass is 9.34. The van der Waals surface area contributed by atoms with Gasteiger partial charge in [0.2, 0.25) is 0 Å². The first-order valence-electron chi connectivity index (χ1n) is 30.1. The first-order chi connectivity index (χ1) is 39.2. The van der Waals surface area contributed by atoms with Crippen LogP contribution in [0, 0.1) is 56.7 Å². The second-order valence-electron chi connectivity index (χ2n) is 26.1. The zero-order valence-corrected chi connectivity index (χ0v) is 48.8. The highest BCUT2D eigenvalue weighted by Gasteiger charge is 2.72. The zero-order chi connectivity index (χ0) is 56.4. The van der Waals surface area contributed by atoms with E-state index in [1.807, 2.05) is 127 Å². The molecule has 2 bridgehead atoms. The summed E-state index contributed by atoms with van der Waals surface area (Å²) in [6.45, 7) is 18.9. The molecule has 11 rings (SSSR count). The maximum atomic E-state index is 15.8. The summed E-state index contributed by atoms with van der Waals surface area (Å²) >= 11 is 0. The average molecular weight is 1100 g/mol. The normalized spacial score (nSPS) is 34.7. The highest BCUT2D eigenvalue weighted by atomic mass is 16.7. The number of Topliss-reactive ketones (excluding diaryl/α,β-unsaturated/α-hetero) is 1. The lowest BCUT2D eigenvalue weighted by Gasteiger charge is -2.70. The topological polar surface area (TPSA) is 108 Å². The average Bonchev–Trinajstić information content (AvgIpc) is 1.90. The molecule has 6 aliphatic rings. The molecule has 0 amide bonds. The summed E-state index contributed by atoms with van der Waals surface area (Å²) in [5.41, 5.74) is 4.24. The fourth-order valence-electron chi connectivity index (χ4n) is 16.4. The fraction of sp³-hybridized carbons (Fsp3) is 0.521. The van der Waals surface area contributed by atoms with Gasteiger partial charge in [-0.3, -0.25) is 9.59 Å². The lowest BCUT2D eigenvalue weighted by molar-refractivity contribution is -0.347. The highest BCUT2D eigenvalue weighted by Crippen LogP contribution is 2.75. The number of carbonyl (C=O) groups is 2. The Bertz CT molecular complexity index is 2920. The summed E-state index contributed by atoms with van der Waals surface area (Å²) in [6, 6.07) is 50.5. The highest BCUT2D eigenvalue weighted by molar-refractivity contribution is 5.87. The molecule has 2 heterocycles. The number of esters is 1. The van der Waals surface area contributed by atoms with Crippen molar-refractivity contribution in [2.45, 2.75) is 157 Å². The Hall–Kier alpha value is -5.30. The minimum absolute atomic E-state index is 0.0490. The van der Waals surface area contributed by atoms with E-state index in [4.69, 9.17) is 37.9 Å². The van der Waals surface area contributed by atoms with Gasteiger partial charge in [0.1, 0.15) is 37.1 Å². The Balaban J connectivity index is 0.926. The van der Waals surface area contributed by atoms with Gasteiger partial charge in [0.25, 0.3) is 0 Å². The van der Waals surface area contributed by atoms with Gasteiger partial charge in [-0.1, -0.05) is 212 Å². The number of allylic oxidation sites excluding steroid dienone is 1. The molecule has 2 saturated heterocycles. The van der Waals surface area contributed by atoms with Crippen LogP contribution in [0.2, 0.25) is 0 Å². The molecule has 10 heteroatoms. The van der Waals surface area contributed by atoms with E-state index in [1.54, 1.807) is 0 Å². The van der Waals surface area contributed by atoms with Gasteiger partial charge in [-0.05, 0) is 99.8 Å². The quantitative estimate of drug-likeness (QED) is 0.0425. The van der Waals surface area contributed by atoms with E-state index >= 15 is 9.59 Å². The number of hydrogen-bond acceptors (Lipinski definition) is 10. The molecule has 3 unspecified atom stereocenters. The van der Waals surface area contributed by atoms with Crippen LogP contribution < -0.4 is 0 Å². The maximum absolute atomic E-state index is 15.8. The summed E-state index contributed by atoms with van der Waals surface area (Å²) in [7, 11) is 0. The van der Waals surface area contributed by atoms with Crippen LogP contribution in [0.3, 0.4) is 0 Å². The molecule has 2 aliphatic heterocycles. The van der Waals surface area contributed by atoms with E-state index in [0.717, 1.165) is 59.9 Å². The monoisotopic (exact) mass is 1100 g/mol. The SMILES string of the molecule is CC(C)[C@@H](C)[C@@]1(C)CC[C@]2(C)[C@H]3CC[C@H]4C5(C)COC[C@@]4(CC(=O)[C@@H]5O[C@@H]4OC(COCc5ccccc5)[C@H](OCc5ccccc5)[C@H](OCc5ccccc5)C4OCc4ccccc4)C3=CC[C@@]2(C)[C@@H]1C(=O)OCc1ccccc1. The Morgan fingerprint density at radius 3 is 1.68 bits per heavy atom. The first kappa shape index (κ1) is 57.5. The van der Waals surface area contributed by atoms with Crippen molar-refractivity contribution in [1.29, 1.82) is 0 Å². The van der Waals surface area contributed by atoms with Crippen LogP contribution in [-0.4, -0.2) is 68.4 Å². The van der Waals surface area contributed by atoms with E-state index in [-0.39, 0.29) is 66.8 Å². The predicted molar refractivity (Wildman–Crippen MR) is 312 cm³/mol. The standard InChI is InChI=1S/C71H86O10/c1-48(2)49(3)67(4)37-38-69(6)55-33-34-59-68(5)46-75-47-71(59,56(55)35-36-70(69,7)63(67)65(73)79-44-54-31-21-12-22-32-54)39-57(72)64(68)81-66-62(78-43-53-29-19-11-20-30-53)61(77-42-52-27-17-10-18-28-52)60(76-41-51-25-15-9-16-26-51)58(80-66)45-74-40-50-23-13-8-14-24-50/h8-32,35,48-49,55,58-64,66H,33-34,36-47H2,1-7H3/t49-,55+,58?,59+,60+,61+,62?,63-,64+,66+,67-,68?,69-,70+,71+/m1/s1. The number of ketones is 1. The van der Waals surface area contributed by atoms with Crippen LogP contribution in [0.15, 0.2) is 163 Å². The molecular formula is C71H86O10. The Morgan fingerprint density at radius 1 is 0.605 bits per heavy atom. The Labute approximate surface area is 481 Å². The Kier molecular flexibility index (Phi) is 17.1. The van der Waals surface area contributed by atoms with Gasteiger partial charge in [-0.15, -0.1) is 0 Å². The fourth-order valence-corrected chi connectivity index (χ4v) is 16.4. The van der Waals surface area contributed by atoms with Gasteiger partial charge in [-0.2, -0.15) is 0 Å². The van der Waals surface area contributed by atoms with Crippen molar-refractivity contribution in [3.05, 3.63) is 191 Å². The van der Waals surface area contributed by atoms with Crippen molar-refractivity contribution in [3.8, 4) is 0 Å². The third-order valence-corrected chi connectivity index (χ3v) is 21.2. The summed E-state index contributed by atoms with van der Waals surface area (Å²) in [4.78, 5) is 30.9. The molecule has 4 aliphatic carbocycles. The van der Waals surface area contributed by atoms with Crippen LogP contribution >= 0.6 is 0 Å². The van der Waals surface area contributed by atoms with Gasteiger partial charge >= 0.3 is 5.97 Å².